The average molecular weight is 681 g/mol. The maximum Gasteiger partial charge on any atom is 0.337 e. The van der Waals surface area contributed by atoms with Crippen LogP contribution in [0, 0.1) is 46.3 Å². The summed E-state index contributed by atoms with van der Waals surface area (Å²) in [6.45, 7) is 7.88. The van der Waals surface area contributed by atoms with E-state index in [2.05, 4.69) is 6.92 Å². The lowest BCUT2D eigenvalue weighted by molar-refractivity contribution is -0.330. The Morgan fingerprint density at radius 2 is 1.73 bits per heavy atom. The topological polar surface area (TPSA) is 186 Å². The van der Waals surface area contributed by atoms with Crippen LogP contribution in [-0.4, -0.2) is 87.5 Å². The van der Waals surface area contributed by atoms with Crippen molar-refractivity contribution in [3.63, 3.8) is 0 Å². The molecular formula is C37H44O12. The van der Waals surface area contributed by atoms with Gasteiger partial charge in [-0.3, -0.25) is 10.1 Å². The van der Waals surface area contributed by atoms with Gasteiger partial charge in [-0.05, 0) is 99.0 Å². The summed E-state index contributed by atoms with van der Waals surface area (Å²) in [5.41, 5.74) is -4.67. The van der Waals surface area contributed by atoms with E-state index in [1.807, 2.05) is 0 Å². The number of methoxy groups -OCH3 is 1. The van der Waals surface area contributed by atoms with Crippen LogP contribution in [0.15, 0.2) is 45.1 Å². The van der Waals surface area contributed by atoms with E-state index in [9.17, 15) is 39.8 Å². The number of Topliss-reactive ketones (excluding diaryl/α,β-unsaturated/α-hetero) is 1. The molecule has 264 valence electrons. The second-order valence-electron chi connectivity index (χ2n) is 16.3. The number of aliphatic hydroxyl groups is 3. The highest BCUT2D eigenvalue weighted by atomic mass is 17.1. The summed E-state index contributed by atoms with van der Waals surface area (Å²) in [6, 6.07) is 0. The van der Waals surface area contributed by atoms with Crippen LogP contribution in [0.4, 0.5) is 0 Å². The summed E-state index contributed by atoms with van der Waals surface area (Å²) >= 11 is 0. The molecule has 12 nitrogen and oxygen atoms in total. The Labute approximate surface area is 283 Å². The van der Waals surface area contributed by atoms with E-state index in [0.29, 0.717) is 29.6 Å². The molecule has 7 aliphatic carbocycles. The molecule has 5 fully saturated rings. The van der Waals surface area contributed by atoms with Gasteiger partial charge in [0, 0.05) is 33.6 Å². The summed E-state index contributed by atoms with van der Waals surface area (Å²) in [7, 11) is 1.19. The number of ether oxygens (including phenoxy) is 3. The average Bonchev–Trinajstić information content (AvgIpc) is 4.01. The zero-order valence-electron chi connectivity index (χ0n) is 28.6. The van der Waals surface area contributed by atoms with Gasteiger partial charge in [-0.25, -0.2) is 19.3 Å². The van der Waals surface area contributed by atoms with E-state index in [-0.39, 0.29) is 77.8 Å². The van der Waals surface area contributed by atoms with Gasteiger partial charge in [0.25, 0.3) is 0 Å². The molecule has 1 heterocycles. The van der Waals surface area contributed by atoms with Gasteiger partial charge in [-0.1, -0.05) is 19.9 Å². The summed E-state index contributed by atoms with van der Waals surface area (Å²) in [6.07, 6.45) is 1.94. The van der Waals surface area contributed by atoms with Crippen molar-refractivity contribution < 1.29 is 58.9 Å². The van der Waals surface area contributed by atoms with Crippen LogP contribution in [-0.2, 0) is 38.3 Å². The Bertz CT molecular complexity index is 1770. The number of esters is 3. The first-order valence-electron chi connectivity index (χ1n) is 17.3. The number of ketones is 1. The molecule has 4 N–H and O–H groups in total. The second-order valence-corrected chi connectivity index (χ2v) is 16.3. The van der Waals surface area contributed by atoms with Crippen molar-refractivity contribution in [1.29, 1.82) is 0 Å². The van der Waals surface area contributed by atoms with Gasteiger partial charge >= 0.3 is 17.9 Å². The Hall–Kier alpha value is -3.16. The standard InChI is InChI=1S/C37H44O12/c1-7-15(2)30(41)47-14-35(44)11-17-8-19-18(13-38)32(43)48-37(19)24(33(17,4)20-9-22(20)35)12-36(49-45)23-10-21(23)34(5)28(36)26(37)25(27(39)29(34)40)16(3)31(42)46-6/h7,17,20-24,29,38,40,44-45H,8-14H2,1-6H3/b15-7+,25-16-/t17-,20+,21+,22-,23-,24-,29-,33+,34-,35-,36-,37-/m0/s1. The van der Waals surface area contributed by atoms with E-state index in [1.165, 1.54) is 14.0 Å². The van der Waals surface area contributed by atoms with Crippen molar-refractivity contribution in [1.82, 2.24) is 0 Å². The Morgan fingerprint density at radius 1 is 1.04 bits per heavy atom. The van der Waals surface area contributed by atoms with Crippen LogP contribution in [0.25, 0.3) is 0 Å². The fraction of sp³-hybridized carbons (Fsp3) is 0.676. The Morgan fingerprint density at radius 3 is 2.37 bits per heavy atom. The Balaban J connectivity index is 1.37. The number of hydrogen-bond donors (Lipinski definition) is 4. The molecule has 8 rings (SSSR count). The van der Waals surface area contributed by atoms with Crippen LogP contribution in [0.1, 0.15) is 66.7 Å². The molecule has 0 bridgehead atoms. The summed E-state index contributed by atoms with van der Waals surface area (Å²) in [4.78, 5) is 59.8. The van der Waals surface area contributed by atoms with Crippen molar-refractivity contribution >= 4 is 23.7 Å². The number of carbonyl (C=O) groups is 4. The first-order chi connectivity index (χ1) is 23.1. The third kappa shape index (κ3) is 3.62. The van der Waals surface area contributed by atoms with Crippen LogP contribution in [0.2, 0.25) is 0 Å². The molecule has 0 unspecified atom stereocenters. The van der Waals surface area contributed by atoms with Gasteiger partial charge < -0.3 is 29.5 Å². The number of aliphatic hydroxyl groups excluding tert-OH is 2. The lowest BCUT2D eigenvalue weighted by Gasteiger charge is -2.65. The quantitative estimate of drug-likeness (QED) is 0.106. The van der Waals surface area contributed by atoms with Gasteiger partial charge in [0.15, 0.2) is 11.4 Å². The number of allylic oxidation sites excluding steroid dienone is 1. The fourth-order valence-corrected chi connectivity index (χ4v) is 12.1. The van der Waals surface area contributed by atoms with Crippen molar-refractivity contribution in [2.75, 3.05) is 20.3 Å². The van der Waals surface area contributed by atoms with Crippen LogP contribution in [0.5, 0.6) is 0 Å². The molecule has 0 amide bonds. The first kappa shape index (κ1) is 33.0. The summed E-state index contributed by atoms with van der Waals surface area (Å²) in [5.74, 6) is -4.47. The van der Waals surface area contributed by atoms with Gasteiger partial charge in [0.05, 0.1) is 19.3 Å². The predicted octanol–water partition coefficient (Wildman–Crippen LogP) is 2.51. The van der Waals surface area contributed by atoms with Crippen molar-refractivity contribution in [3.05, 3.63) is 45.1 Å². The van der Waals surface area contributed by atoms with E-state index in [0.717, 1.165) is 0 Å². The SMILES string of the molecule is C/C=C(\C)C(=O)OC[C@@]1(O)C[C@@H]2CC3=C(CO)C(=O)O[C@@]34C3=C5[C@](C)([C@@H]6C[C@@H]6[C@@]5(OO)C[C@H]4[C@@]2(C)[C@@H]2C[C@@H]21)[C@@H](O)C(=O)/C3=C(/C)C(=O)OC. The second kappa shape index (κ2) is 10.00. The number of fused-ring (bicyclic) bond motifs is 7. The maximum absolute atomic E-state index is 14.5. The molecule has 5 saturated carbocycles. The minimum absolute atomic E-state index is 0.0488. The molecule has 0 aromatic carbocycles. The molecule has 1 spiro atoms. The summed E-state index contributed by atoms with van der Waals surface area (Å²) < 4.78 is 17.2. The molecular weight excluding hydrogens is 636 g/mol. The minimum Gasteiger partial charge on any atom is -0.466 e. The molecule has 8 aliphatic rings. The van der Waals surface area contributed by atoms with Crippen LogP contribution in [0.3, 0.4) is 0 Å². The molecule has 12 heteroatoms. The fourth-order valence-electron chi connectivity index (χ4n) is 12.1. The van der Waals surface area contributed by atoms with Gasteiger partial charge in [0.1, 0.15) is 23.9 Å². The van der Waals surface area contributed by atoms with E-state index in [4.69, 9.17) is 19.1 Å². The molecule has 1 aliphatic heterocycles. The highest BCUT2D eigenvalue weighted by Gasteiger charge is 2.84. The monoisotopic (exact) mass is 680 g/mol. The molecule has 0 saturated heterocycles. The lowest BCUT2D eigenvalue weighted by Crippen LogP contribution is -2.68. The van der Waals surface area contributed by atoms with Crippen LogP contribution >= 0.6 is 0 Å². The summed E-state index contributed by atoms with van der Waals surface area (Å²) in [5, 5.41) is 45.6. The molecule has 49 heavy (non-hydrogen) atoms. The Kier molecular flexibility index (Phi) is 6.74. The maximum atomic E-state index is 14.5. The number of carbonyl (C=O) groups excluding carboxylic acids is 4. The van der Waals surface area contributed by atoms with Gasteiger partial charge in [-0.2, -0.15) is 0 Å². The van der Waals surface area contributed by atoms with Gasteiger partial charge in [-0.15, -0.1) is 0 Å². The first-order valence-corrected chi connectivity index (χ1v) is 17.3. The van der Waals surface area contributed by atoms with Crippen molar-refractivity contribution in [2.24, 2.45) is 46.3 Å². The molecule has 12 atom stereocenters. The molecule has 0 aromatic heterocycles. The highest BCUT2D eigenvalue weighted by molar-refractivity contribution is 6.12. The minimum atomic E-state index is -1.62. The lowest BCUT2D eigenvalue weighted by atomic mass is 9.41. The highest BCUT2D eigenvalue weighted by Crippen LogP contribution is 2.82. The third-order valence-corrected chi connectivity index (χ3v) is 14.7. The third-order valence-electron chi connectivity index (χ3n) is 14.7. The smallest absolute Gasteiger partial charge is 0.337 e. The van der Waals surface area contributed by atoms with E-state index >= 15 is 0 Å². The molecule has 0 radical (unpaired) electrons. The van der Waals surface area contributed by atoms with E-state index < -0.39 is 70.0 Å². The zero-order valence-corrected chi connectivity index (χ0v) is 28.6. The van der Waals surface area contributed by atoms with E-state index in [1.54, 1.807) is 26.8 Å². The largest absolute Gasteiger partial charge is 0.466 e. The van der Waals surface area contributed by atoms with Gasteiger partial charge in [0.2, 0.25) is 0 Å². The van der Waals surface area contributed by atoms with Crippen LogP contribution < -0.4 is 0 Å². The number of hydrogen-bond acceptors (Lipinski definition) is 12. The number of rotatable bonds is 6. The predicted molar refractivity (Wildman–Crippen MR) is 168 cm³/mol. The van der Waals surface area contributed by atoms with Crippen molar-refractivity contribution in [3.8, 4) is 0 Å². The molecule has 0 aromatic rings. The normalized spacial score (nSPS) is 48.0. The van der Waals surface area contributed by atoms with Crippen molar-refractivity contribution in [2.45, 2.75) is 89.6 Å². The zero-order chi connectivity index (χ0) is 35.4.